The Labute approximate surface area is 206 Å². The average Bonchev–Trinajstić information content (AvgIpc) is 2.63. The number of Topliss-reactive ketones (excluding diaryl/α,β-unsaturated/α-hetero) is 2. The van der Waals surface area contributed by atoms with Crippen LogP contribution in [0.2, 0.25) is 0 Å². The van der Waals surface area contributed by atoms with Crippen molar-refractivity contribution < 1.29 is 35.1 Å². The number of carbonyl (C=O) groups excluding carboxylic acids is 2. The SMILES string of the molecule is CCCCCCCCCCCC(=O)C(=O)[C@H](O)[C@@H](O)[C@H](O)[C@H](O)CO.[Na].[Na]. The van der Waals surface area contributed by atoms with Crippen LogP contribution in [0.15, 0.2) is 0 Å². The fourth-order valence-corrected chi connectivity index (χ4v) is 2.56. The van der Waals surface area contributed by atoms with Crippen LogP contribution in [0.5, 0.6) is 0 Å². The van der Waals surface area contributed by atoms with Crippen molar-refractivity contribution in [1.29, 1.82) is 0 Å². The van der Waals surface area contributed by atoms with E-state index in [2.05, 4.69) is 6.92 Å². The standard InChI is InChI=1S/C18H34O7.2Na/c1-2-3-4-5-6-7-8-9-10-11-13(20)15(22)17(24)18(25)16(23)14(21)12-19;;/h14,16-19,21,23-25H,2-12H2,1H3;;/t14-,16-,17+,18+;;/m1../s1. The van der Waals surface area contributed by atoms with E-state index >= 15 is 0 Å². The van der Waals surface area contributed by atoms with Crippen molar-refractivity contribution >= 4 is 70.7 Å². The van der Waals surface area contributed by atoms with Gasteiger partial charge in [0.2, 0.25) is 11.6 Å². The molecule has 0 unspecified atom stereocenters. The molecule has 4 atom stereocenters. The Morgan fingerprint density at radius 1 is 0.741 bits per heavy atom. The largest absolute Gasteiger partial charge is 0.394 e. The Bertz CT molecular complexity index is 383. The Kier molecular flexibility index (Phi) is 24.8. The Hall–Kier alpha value is 1.14. The van der Waals surface area contributed by atoms with Crippen LogP contribution >= 0.6 is 0 Å². The van der Waals surface area contributed by atoms with Crippen molar-refractivity contribution in [3.63, 3.8) is 0 Å². The van der Waals surface area contributed by atoms with Gasteiger partial charge < -0.3 is 25.5 Å². The summed E-state index contributed by atoms with van der Waals surface area (Å²) in [6.07, 6.45) is 1.78. The number of carbonyl (C=O) groups is 2. The normalized spacial score (nSPS) is 15.0. The van der Waals surface area contributed by atoms with Gasteiger partial charge in [-0.15, -0.1) is 0 Å². The zero-order valence-corrected chi connectivity index (χ0v) is 21.1. The van der Waals surface area contributed by atoms with E-state index in [0.717, 1.165) is 19.3 Å². The second-order valence-electron chi connectivity index (χ2n) is 6.54. The molecule has 0 fully saturated rings. The summed E-state index contributed by atoms with van der Waals surface area (Å²) in [5.74, 6) is -1.99. The van der Waals surface area contributed by atoms with E-state index in [4.69, 9.17) is 5.11 Å². The number of aliphatic hydroxyl groups excluding tert-OH is 5. The van der Waals surface area contributed by atoms with Gasteiger partial charge in [-0.3, -0.25) is 9.59 Å². The van der Waals surface area contributed by atoms with E-state index in [1.54, 1.807) is 0 Å². The molecule has 0 aliphatic rings. The average molecular weight is 408 g/mol. The first-order chi connectivity index (χ1) is 11.9. The van der Waals surface area contributed by atoms with Gasteiger partial charge in [-0.25, -0.2) is 0 Å². The number of ketones is 2. The second kappa shape index (κ2) is 20.4. The van der Waals surface area contributed by atoms with Crippen molar-refractivity contribution in [1.82, 2.24) is 0 Å². The monoisotopic (exact) mass is 408 g/mol. The van der Waals surface area contributed by atoms with E-state index in [0.29, 0.717) is 6.42 Å². The minimum atomic E-state index is -2.11. The Morgan fingerprint density at radius 2 is 1.19 bits per heavy atom. The maximum absolute atomic E-state index is 11.8. The Balaban J connectivity index is -0.00000288. The van der Waals surface area contributed by atoms with Crippen molar-refractivity contribution in [2.24, 2.45) is 0 Å². The molecule has 0 bridgehead atoms. The van der Waals surface area contributed by atoms with Crippen LogP contribution in [0.25, 0.3) is 0 Å². The van der Waals surface area contributed by atoms with Crippen LogP contribution in [-0.2, 0) is 9.59 Å². The molecule has 0 aliphatic heterocycles. The smallest absolute Gasteiger partial charge is 0.229 e. The molecule has 2 radical (unpaired) electrons. The molecule has 0 aromatic rings. The molecule has 0 heterocycles. The van der Waals surface area contributed by atoms with Gasteiger partial charge >= 0.3 is 0 Å². The van der Waals surface area contributed by atoms with Crippen LogP contribution in [-0.4, -0.2) is 127 Å². The molecule has 5 N–H and O–H groups in total. The first kappa shape index (κ1) is 32.8. The maximum atomic E-state index is 11.8. The molecular weight excluding hydrogens is 374 g/mol. The third-order valence-corrected chi connectivity index (χ3v) is 4.31. The third-order valence-electron chi connectivity index (χ3n) is 4.31. The molecule has 0 aliphatic carbocycles. The van der Waals surface area contributed by atoms with Gasteiger partial charge in [-0.1, -0.05) is 58.3 Å². The summed E-state index contributed by atoms with van der Waals surface area (Å²) >= 11 is 0. The first-order valence-corrected chi connectivity index (χ1v) is 9.26. The van der Waals surface area contributed by atoms with Crippen molar-refractivity contribution in [3.8, 4) is 0 Å². The van der Waals surface area contributed by atoms with Gasteiger partial charge in [-0.2, -0.15) is 0 Å². The summed E-state index contributed by atoms with van der Waals surface area (Å²) in [4.78, 5) is 23.5. The summed E-state index contributed by atoms with van der Waals surface area (Å²) in [5.41, 5.74) is 0. The van der Waals surface area contributed by atoms with Gasteiger partial charge in [-0.05, 0) is 6.42 Å². The maximum Gasteiger partial charge on any atom is 0.229 e. The third kappa shape index (κ3) is 14.7. The number of hydrogen-bond acceptors (Lipinski definition) is 7. The summed E-state index contributed by atoms with van der Waals surface area (Å²) < 4.78 is 0. The van der Waals surface area contributed by atoms with E-state index < -0.39 is 42.6 Å². The molecule has 0 spiro atoms. The fraction of sp³-hybridized carbons (Fsp3) is 0.889. The quantitative estimate of drug-likeness (QED) is 0.135. The van der Waals surface area contributed by atoms with Gasteiger partial charge in [0.25, 0.3) is 0 Å². The van der Waals surface area contributed by atoms with Crippen LogP contribution in [0.3, 0.4) is 0 Å². The van der Waals surface area contributed by atoms with Crippen LogP contribution in [0.1, 0.15) is 71.1 Å². The predicted octanol–water partition coefficient (Wildman–Crippen LogP) is -0.280. The van der Waals surface area contributed by atoms with Crippen LogP contribution < -0.4 is 0 Å². The topological polar surface area (TPSA) is 135 Å². The number of aliphatic hydroxyl groups is 5. The van der Waals surface area contributed by atoms with Crippen molar-refractivity contribution in [2.75, 3.05) is 6.61 Å². The first-order valence-electron chi connectivity index (χ1n) is 9.26. The molecule has 0 aromatic carbocycles. The van der Waals surface area contributed by atoms with Crippen LogP contribution in [0.4, 0.5) is 0 Å². The predicted molar refractivity (Wildman–Crippen MR) is 104 cm³/mol. The molecule has 9 heteroatoms. The van der Waals surface area contributed by atoms with E-state index in [9.17, 15) is 30.0 Å². The summed E-state index contributed by atoms with van der Waals surface area (Å²) in [7, 11) is 0. The molecule has 0 rings (SSSR count). The van der Waals surface area contributed by atoms with E-state index in [1.165, 1.54) is 32.1 Å². The van der Waals surface area contributed by atoms with Crippen molar-refractivity contribution in [3.05, 3.63) is 0 Å². The van der Waals surface area contributed by atoms with Gasteiger partial charge in [0.1, 0.15) is 24.4 Å². The summed E-state index contributed by atoms with van der Waals surface area (Å²) in [6.45, 7) is 1.33. The molecule has 0 saturated carbocycles. The molecular formula is C18H34Na2O7. The second-order valence-corrected chi connectivity index (χ2v) is 6.54. The van der Waals surface area contributed by atoms with Gasteiger partial charge in [0, 0.05) is 65.5 Å². The Morgan fingerprint density at radius 3 is 1.63 bits per heavy atom. The summed E-state index contributed by atoms with van der Waals surface area (Å²) in [6, 6.07) is 0. The zero-order chi connectivity index (χ0) is 19.2. The number of rotatable bonds is 16. The number of hydrogen-bond donors (Lipinski definition) is 5. The fourth-order valence-electron chi connectivity index (χ4n) is 2.56. The molecule has 7 nitrogen and oxygen atoms in total. The van der Waals surface area contributed by atoms with E-state index in [-0.39, 0.29) is 65.5 Å². The minimum absolute atomic E-state index is 0. The van der Waals surface area contributed by atoms with Gasteiger partial charge in [0.05, 0.1) is 6.61 Å². The summed E-state index contributed by atoms with van der Waals surface area (Å²) in [5, 5.41) is 46.6. The van der Waals surface area contributed by atoms with E-state index in [1.807, 2.05) is 0 Å². The zero-order valence-electron chi connectivity index (χ0n) is 17.1. The molecule has 0 saturated heterocycles. The molecule has 150 valence electrons. The number of unbranched alkanes of at least 4 members (excludes halogenated alkanes) is 8. The molecule has 27 heavy (non-hydrogen) atoms. The molecule has 0 amide bonds. The van der Waals surface area contributed by atoms with Crippen molar-refractivity contribution in [2.45, 2.75) is 95.5 Å². The van der Waals surface area contributed by atoms with Crippen LogP contribution in [0, 0.1) is 0 Å². The van der Waals surface area contributed by atoms with Gasteiger partial charge in [0.15, 0.2) is 0 Å². The minimum Gasteiger partial charge on any atom is -0.394 e. The molecule has 0 aromatic heterocycles.